The van der Waals surface area contributed by atoms with Crippen LogP contribution in [0.1, 0.15) is 12.0 Å². The number of hydrogen-bond acceptors (Lipinski definition) is 4. The molecule has 1 heterocycles. The van der Waals surface area contributed by atoms with Crippen molar-refractivity contribution in [3.63, 3.8) is 0 Å². The zero-order chi connectivity index (χ0) is 13.8. The molecule has 0 saturated heterocycles. The van der Waals surface area contributed by atoms with E-state index in [1.165, 1.54) is 12.1 Å². The summed E-state index contributed by atoms with van der Waals surface area (Å²) in [5, 5.41) is 10.9. The highest BCUT2D eigenvalue weighted by atomic mass is 19.3. The molecule has 0 saturated carbocycles. The number of halogens is 2. The minimum Gasteiger partial charge on any atom is -0.427 e. The summed E-state index contributed by atoms with van der Waals surface area (Å²) < 4.78 is 34.3. The molecule has 1 aromatic carbocycles. The van der Waals surface area contributed by atoms with Gasteiger partial charge in [-0.2, -0.15) is 8.78 Å². The molecule has 0 radical (unpaired) electrons. The minimum absolute atomic E-state index is 0.317. The van der Waals surface area contributed by atoms with E-state index in [1.807, 2.05) is 0 Å². The van der Waals surface area contributed by atoms with Crippen LogP contribution in [0.25, 0.3) is 5.57 Å². The topological polar surface area (TPSA) is 61.6 Å². The molecule has 2 rings (SSSR count). The number of nitrogens with zero attached hydrogens (tertiary/aromatic N) is 1. The average Bonchev–Trinajstić information content (AvgIpc) is 2.39. The molecule has 0 spiro atoms. The Morgan fingerprint density at radius 3 is 2.79 bits per heavy atom. The van der Waals surface area contributed by atoms with Crippen molar-refractivity contribution in [2.24, 2.45) is 0 Å². The Balaban J connectivity index is 2.49. The summed E-state index contributed by atoms with van der Waals surface area (Å²) in [4.78, 5) is 10.1. The molecule has 102 valence electrons. The van der Waals surface area contributed by atoms with Gasteiger partial charge in [0.2, 0.25) is 5.75 Å². The average molecular weight is 271 g/mol. The third-order valence-corrected chi connectivity index (χ3v) is 2.71. The van der Waals surface area contributed by atoms with Crippen molar-refractivity contribution < 1.29 is 23.2 Å². The summed E-state index contributed by atoms with van der Waals surface area (Å²) in [6.07, 6.45) is 2.21. The molecule has 1 aromatic rings. The van der Waals surface area contributed by atoms with Crippen LogP contribution < -0.4 is 4.74 Å². The second-order valence-corrected chi connectivity index (χ2v) is 3.84. The van der Waals surface area contributed by atoms with Crippen molar-refractivity contribution in [2.45, 2.75) is 13.0 Å². The van der Waals surface area contributed by atoms with Crippen LogP contribution in [-0.4, -0.2) is 24.7 Å². The lowest BCUT2D eigenvalue weighted by Gasteiger charge is -2.17. The summed E-state index contributed by atoms with van der Waals surface area (Å²) >= 11 is 0. The third kappa shape index (κ3) is 3.05. The molecule has 7 heteroatoms. The van der Waals surface area contributed by atoms with Gasteiger partial charge in [-0.1, -0.05) is 18.2 Å². The fourth-order valence-corrected chi connectivity index (χ4v) is 1.91. The van der Waals surface area contributed by atoms with E-state index in [2.05, 4.69) is 4.74 Å². The van der Waals surface area contributed by atoms with Crippen molar-refractivity contribution in [3.8, 4) is 5.75 Å². The van der Waals surface area contributed by atoms with Crippen LogP contribution in [0.15, 0.2) is 24.3 Å². The van der Waals surface area contributed by atoms with Crippen molar-refractivity contribution in [1.82, 2.24) is 0 Å². The third-order valence-electron chi connectivity index (χ3n) is 2.71. The van der Waals surface area contributed by atoms with E-state index in [0.29, 0.717) is 30.8 Å². The smallest absolute Gasteiger partial charge is 0.387 e. The van der Waals surface area contributed by atoms with Crippen molar-refractivity contribution in [3.05, 3.63) is 40.0 Å². The fraction of sp³-hybridized carbons (Fsp3) is 0.333. The van der Waals surface area contributed by atoms with Crippen molar-refractivity contribution in [1.29, 1.82) is 0 Å². The highest BCUT2D eigenvalue weighted by molar-refractivity contribution is 5.75. The van der Waals surface area contributed by atoms with Crippen LogP contribution in [0.4, 0.5) is 14.5 Å². The lowest BCUT2D eigenvalue weighted by molar-refractivity contribution is -0.386. The Bertz CT molecular complexity index is 516. The lowest BCUT2D eigenvalue weighted by atomic mass is 10.00. The summed E-state index contributed by atoms with van der Waals surface area (Å²) in [6.45, 7) is -2.31. The van der Waals surface area contributed by atoms with Gasteiger partial charge in [-0.25, -0.2) is 0 Å². The predicted molar refractivity (Wildman–Crippen MR) is 63.1 cm³/mol. The summed E-state index contributed by atoms with van der Waals surface area (Å²) in [5.74, 6) is -0.393. The molecule has 19 heavy (non-hydrogen) atoms. The number of rotatable bonds is 4. The number of hydrogen-bond donors (Lipinski definition) is 0. The summed E-state index contributed by atoms with van der Waals surface area (Å²) in [5.41, 5.74) is 0.564. The first-order valence-corrected chi connectivity index (χ1v) is 5.59. The van der Waals surface area contributed by atoms with Crippen LogP contribution in [-0.2, 0) is 4.74 Å². The molecule has 5 nitrogen and oxygen atoms in total. The van der Waals surface area contributed by atoms with Gasteiger partial charge in [0, 0.05) is 11.6 Å². The van der Waals surface area contributed by atoms with Gasteiger partial charge in [0.05, 0.1) is 18.1 Å². The zero-order valence-electron chi connectivity index (χ0n) is 9.84. The first kappa shape index (κ1) is 13.4. The number of nitro benzene ring substituents is 1. The number of para-hydroxylation sites is 1. The van der Waals surface area contributed by atoms with Gasteiger partial charge in [-0.05, 0) is 12.0 Å². The number of ether oxygens (including phenoxy) is 2. The van der Waals surface area contributed by atoms with Crippen molar-refractivity contribution >= 4 is 11.3 Å². The van der Waals surface area contributed by atoms with Crippen LogP contribution >= 0.6 is 0 Å². The maximum absolute atomic E-state index is 12.4. The van der Waals surface area contributed by atoms with Gasteiger partial charge in [-0.15, -0.1) is 0 Å². The Labute approximate surface area is 107 Å². The first-order valence-electron chi connectivity index (χ1n) is 5.59. The summed E-state index contributed by atoms with van der Waals surface area (Å²) in [6, 6.07) is 4.12. The molecule has 1 aliphatic rings. The molecule has 0 bridgehead atoms. The molecule has 1 aliphatic heterocycles. The molecule has 0 aliphatic carbocycles. The largest absolute Gasteiger partial charge is 0.427 e. The van der Waals surface area contributed by atoms with Crippen LogP contribution in [0.3, 0.4) is 0 Å². The Kier molecular flexibility index (Phi) is 4.06. The molecule has 0 N–H and O–H groups in total. The monoisotopic (exact) mass is 271 g/mol. The normalized spacial score (nSPS) is 15.2. The highest BCUT2D eigenvalue weighted by Gasteiger charge is 2.24. The van der Waals surface area contributed by atoms with E-state index in [1.54, 1.807) is 6.08 Å². The maximum atomic E-state index is 12.4. The van der Waals surface area contributed by atoms with Crippen LogP contribution in [0.5, 0.6) is 5.75 Å². The van der Waals surface area contributed by atoms with E-state index >= 15 is 0 Å². The van der Waals surface area contributed by atoms with Crippen molar-refractivity contribution in [2.75, 3.05) is 13.2 Å². The van der Waals surface area contributed by atoms with Gasteiger partial charge in [-0.3, -0.25) is 10.1 Å². The molecule has 0 aromatic heterocycles. The van der Waals surface area contributed by atoms with Gasteiger partial charge >= 0.3 is 12.3 Å². The standard InChI is InChI=1S/C12H11F2NO4/c13-12(14)19-11-9(8-4-6-18-7-5-8)2-1-3-10(11)15(16)17/h1-4,12H,5-7H2. The highest BCUT2D eigenvalue weighted by Crippen LogP contribution is 2.37. The molecule has 0 fully saturated rings. The SMILES string of the molecule is O=[N+]([O-])c1cccc(C2=CCOCC2)c1OC(F)F. The minimum atomic E-state index is -3.11. The second kappa shape index (κ2) is 5.75. The molecule has 0 amide bonds. The molecular formula is C12H11F2NO4. The number of alkyl halides is 2. The number of benzene rings is 1. The Morgan fingerprint density at radius 1 is 1.42 bits per heavy atom. The molecule has 0 unspecified atom stereocenters. The van der Waals surface area contributed by atoms with E-state index in [9.17, 15) is 18.9 Å². The first-order chi connectivity index (χ1) is 9.09. The fourth-order valence-electron chi connectivity index (χ4n) is 1.91. The lowest BCUT2D eigenvalue weighted by Crippen LogP contribution is -2.09. The summed E-state index contributed by atoms with van der Waals surface area (Å²) in [7, 11) is 0. The van der Waals surface area contributed by atoms with E-state index < -0.39 is 23.0 Å². The Hall–Kier alpha value is -2.02. The predicted octanol–water partition coefficient (Wildman–Crippen LogP) is 3.00. The van der Waals surface area contributed by atoms with E-state index in [4.69, 9.17) is 4.74 Å². The van der Waals surface area contributed by atoms with Gasteiger partial charge in [0.1, 0.15) is 0 Å². The van der Waals surface area contributed by atoms with E-state index in [0.717, 1.165) is 6.07 Å². The number of nitro groups is 1. The molecular weight excluding hydrogens is 260 g/mol. The van der Waals surface area contributed by atoms with Gasteiger partial charge in [0.15, 0.2) is 0 Å². The zero-order valence-corrected chi connectivity index (χ0v) is 9.84. The van der Waals surface area contributed by atoms with Crippen LogP contribution in [0.2, 0.25) is 0 Å². The van der Waals surface area contributed by atoms with Crippen LogP contribution in [0, 0.1) is 10.1 Å². The van der Waals surface area contributed by atoms with E-state index in [-0.39, 0.29) is 0 Å². The maximum Gasteiger partial charge on any atom is 0.387 e. The second-order valence-electron chi connectivity index (χ2n) is 3.84. The van der Waals surface area contributed by atoms with Gasteiger partial charge in [0.25, 0.3) is 0 Å². The Morgan fingerprint density at radius 2 is 2.21 bits per heavy atom. The quantitative estimate of drug-likeness (QED) is 0.623. The molecule has 0 atom stereocenters. The van der Waals surface area contributed by atoms with Gasteiger partial charge < -0.3 is 9.47 Å².